The average Bonchev–Trinajstić information content (AvgIpc) is 2.91. The molecule has 3 heterocycles. The fourth-order valence-corrected chi connectivity index (χ4v) is 4.02. The smallest absolute Gasteiger partial charge is 0.267 e. The lowest BCUT2D eigenvalue weighted by atomic mass is 10.1. The number of rotatable bonds is 6. The zero-order chi connectivity index (χ0) is 26.6. The Morgan fingerprint density at radius 3 is 2.68 bits per heavy atom. The molecule has 0 spiro atoms. The fourth-order valence-electron chi connectivity index (χ4n) is 4.02. The molecule has 9 nitrogen and oxygen atoms in total. The topological polar surface area (TPSA) is 121 Å². The number of nitrogens with one attached hydrogen (secondary N) is 2. The Bertz CT molecular complexity index is 1540. The maximum absolute atomic E-state index is 15.0. The average molecular weight is 520 g/mol. The van der Waals surface area contributed by atoms with Crippen molar-refractivity contribution in [2.75, 3.05) is 24.2 Å². The van der Waals surface area contributed by atoms with Crippen molar-refractivity contribution in [2.45, 2.75) is 12.6 Å². The van der Waals surface area contributed by atoms with Gasteiger partial charge in [0.1, 0.15) is 29.2 Å². The Kier molecular flexibility index (Phi) is 7.11. The van der Waals surface area contributed by atoms with Crippen LogP contribution in [0.25, 0.3) is 5.69 Å². The quantitative estimate of drug-likeness (QED) is 0.350. The molecule has 194 valence electrons. The molecular weight excluding hydrogens is 496 g/mol. The van der Waals surface area contributed by atoms with Crippen molar-refractivity contribution >= 4 is 17.4 Å². The van der Waals surface area contributed by atoms with Gasteiger partial charge in [-0.1, -0.05) is 0 Å². The van der Waals surface area contributed by atoms with Crippen LogP contribution in [0.1, 0.15) is 28.6 Å². The zero-order valence-corrected chi connectivity index (χ0v) is 20.0. The number of anilines is 2. The molecule has 0 saturated carbocycles. The third-order valence-electron chi connectivity index (χ3n) is 5.88. The molecule has 1 unspecified atom stereocenters. The van der Waals surface area contributed by atoms with E-state index in [1.807, 2.05) is 0 Å². The van der Waals surface area contributed by atoms with E-state index in [2.05, 4.69) is 15.6 Å². The minimum absolute atomic E-state index is 0.107. The number of ether oxygens (including phenoxy) is 2. The van der Waals surface area contributed by atoms with Gasteiger partial charge in [-0.15, -0.1) is 0 Å². The van der Waals surface area contributed by atoms with Crippen LogP contribution in [-0.4, -0.2) is 28.6 Å². The number of amides is 1. The van der Waals surface area contributed by atoms with E-state index in [-0.39, 0.29) is 28.6 Å². The lowest BCUT2D eigenvalue weighted by Crippen LogP contribution is -2.32. The first-order valence-electron chi connectivity index (χ1n) is 11.8. The van der Waals surface area contributed by atoms with E-state index in [4.69, 9.17) is 15.2 Å². The highest BCUT2D eigenvalue weighted by molar-refractivity contribution is 6.04. The van der Waals surface area contributed by atoms with Crippen molar-refractivity contribution in [3.05, 3.63) is 106 Å². The lowest BCUT2D eigenvalue weighted by Gasteiger charge is -2.26. The molecule has 2 aromatic heterocycles. The molecule has 2 aromatic carbocycles. The molecule has 1 amide bonds. The Morgan fingerprint density at radius 2 is 1.95 bits per heavy atom. The molecule has 5 rings (SSSR count). The number of pyridine rings is 2. The fraction of sp³-hybridized carbons (Fsp3) is 0.148. The van der Waals surface area contributed by atoms with Crippen molar-refractivity contribution in [3.63, 3.8) is 0 Å². The standard InChI is InChI=1S/C27H23F2N5O4/c28-16-4-7-18(8-5-16)34-13-1-3-19(27(34)36)25(35)33-17-6-9-21(20(29)15-17)38-22-10-12-31-24(30)23(22)26-32-11-2-14-37-26/h1,3-10,12-13,15,26,32H,2,11,14H2,(H2,30,31)(H,33,35). The Balaban J connectivity index is 1.35. The Hall–Kier alpha value is -4.61. The van der Waals surface area contributed by atoms with Gasteiger partial charge in [0, 0.05) is 36.4 Å². The Labute approximate surface area is 215 Å². The summed E-state index contributed by atoms with van der Waals surface area (Å²) in [5.74, 6) is -1.57. The monoisotopic (exact) mass is 519 g/mol. The van der Waals surface area contributed by atoms with Crippen LogP contribution >= 0.6 is 0 Å². The number of nitrogens with zero attached hydrogens (tertiary/aromatic N) is 2. The number of halogens is 2. The number of aromatic nitrogens is 2. The molecule has 1 fully saturated rings. The summed E-state index contributed by atoms with van der Waals surface area (Å²) in [5.41, 5.74) is 6.23. The summed E-state index contributed by atoms with van der Waals surface area (Å²) in [6.45, 7) is 1.25. The van der Waals surface area contributed by atoms with Gasteiger partial charge in [-0.3, -0.25) is 19.5 Å². The van der Waals surface area contributed by atoms with Crippen molar-refractivity contribution < 1.29 is 23.0 Å². The van der Waals surface area contributed by atoms with E-state index >= 15 is 0 Å². The van der Waals surface area contributed by atoms with Gasteiger partial charge in [0.05, 0.1) is 12.2 Å². The molecule has 38 heavy (non-hydrogen) atoms. The van der Waals surface area contributed by atoms with E-state index in [9.17, 15) is 18.4 Å². The number of carbonyl (C=O) groups excluding carboxylic acids is 1. The summed E-state index contributed by atoms with van der Waals surface area (Å²) in [6, 6.07) is 13.6. The van der Waals surface area contributed by atoms with Crippen LogP contribution in [0.15, 0.2) is 77.9 Å². The van der Waals surface area contributed by atoms with Crippen molar-refractivity contribution in [3.8, 4) is 17.2 Å². The van der Waals surface area contributed by atoms with Crippen LogP contribution in [0.2, 0.25) is 0 Å². The third kappa shape index (κ3) is 5.24. The van der Waals surface area contributed by atoms with Gasteiger partial charge in [-0.2, -0.15) is 0 Å². The maximum Gasteiger partial charge on any atom is 0.267 e. The van der Waals surface area contributed by atoms with Gasteiger partial charge in [-0.25, -0.2) is 13.8 Å². The first-order valence-corrected chi connectivity index (χ1v) is 11.8. The summed E-state index contributed by atoms with van der Waals surface area (Å²) in [7, 11) is 0. The predicted molar refractivity (Wildman–Crippen MR) is 136 cm³/mol. The van der Waals surface area contributed by atoms with E-state index in [0.29, 0.717) is 17.9 Å². The molecule has 4 aromatic rings. The van der Waals surface area contributed by atoms with Gasteiger partial charge >= 0.3 is 0 Å². The van der Waals surface area contributed by atoms with Gasteiger partial charge in [0.15, 0.2) is 11.6 Å². The zero-order valence-electron chi connectivity index (χ0n) is 20.0. The largest absolute Gasteiger partial charge is 0.454 e. The first-order chi connectivity index (χ1) is 18.4. The second-order valence-corrected chi connectivity index (χ2v) is 8.44. The molecule has 0 bridgehead atoms. The number of nitrogens with two attached hydrogens (primary N) is 1. The van der Waals surface area contributed by atoms with Gasteiger partial charge < -0.3 is 20.5 Å². The number of nitrogen functional groups attached to an aromatic ring is 1. The molecule has 0 aliphatic carbocycles. The van der Waals surface area contributed by atoms with Gasteiger partial charge in [0.2, 0.25) is 0 Å². The number of carbonyl (C=O) groups is 1. The summed E-state index contributed by atoms with van der Waals surface area (Å²) < 4.78 is 41.0. The summed E-state index contributed by atoms with van der Waals surface area (Å²) in [5, 5.41) is 5.70. The van der Waals surface area contributed by atoms with Crippen molar-refractivity contribution in [1.29, 1.82) is 0 Å². The summed E-state index contributed by atoms with van der Waals surface area (Å²) in [6.07, 6.45) is 3.21. The Morgan fingerprint density at radius 1 is 1.13 bits per heavy atom. The highest BCUT2D eigenvalue weighted by Crippen LogP contribution is 2.35. The maximum atomic E-state index is 15.0. The van der Waals surface area contributed by atoms with Crippen molar-refractivity contribution in [1.82, 2.24) is 14.9 Å². The van der Waals surface area contributed by atoms with E-state index in [1.54, 1.807) is 6.07 Å². The number of hydrogen-bond donors (Lipinski definition) is 3. The minimum atomic E-state index is -0.751. The van der Waals surface area contributed by atoms with E-state index in [0.717, 1.165) is 19.0 Å². The van der Waals surface area contributed by atoms with Crippen LogP contribution in [0, 0.1) is 11.6 Å². The summed E-state index contributed by atoms with van der Waals surface area (Å²) in [4.78, 5) is 29.8. The highest BCUT2D eigenvalue weighted by atomic mass is 19.1. The molecule has 1 saturated heterocycles. The molecule has 1 aliphatic heterocycles. The lowest BCUT2D eigenvalue weighted by molar-refractivity contribution is -0.00110. The molecule has 1 aliphatic rings. The number of hydrogen-bond acceptors (Lipinski definition) is 7. The van der Waals surface area contributed by atoms with Crippen LogP contribution in [0.4, 0.5) is 20.3 Å². The van der Waals surface area contributed by atoms with E-state index < -0.39 is 29.3 Å². The van der Waals surface area contributed by atoms with Crippen molar-refractivity contribution in [2.24, 2.45) is 0 Å². The summed E-state index contributed by atoms with van der Waals surface area (Å²) >= 11 is 0. The highest BCUT2D eigenvalue weighted by Gasteiger charge is 2.24. The van der Waals surface area contributed by atoms with Crippen LogP contribution in [-0.2, 0) is 4.74 Å². The molecule has 4 N–H and O–H groups in total. The first kappa shape index (κ1) is 25.1. The molecule has 0 radical (unpaired) electrons. The SMILES string of the molecule is Nc1nccc(Oc2ccc(NC(=O)c3cccn(-c4ccc(F)cc4)c3=O)cc2F)c1C1NCCCO1. The molecule has 1 atom stereocenters. The second-order valence-electron chi connectivity index (χ2n) is 8.44. The molecular formula is C27H23F2N5O4. The minimum Gasteiger partial charge on any atom is -0.454 e. The van der Waals surface area contributed by atoms with Crippen LogP contribution in [0.3, 0.4) is 0 Å². The number of benzene rings is 2. The molecule has 11 heteroatoms. The normalized spacial score (nSPS) is 15.2. The van der Waals surface area contributed by atoms with Crippen LogP contribution in [0.5, 0.6) is 11.5 Å². The van der Waals surface area contributed by atoms with Gasteiger partial charge in [-0.05, 0) is 61.0 Å². The van der Waals surface area contributed by atoms with Crippen LogP contribution < -0.4 is 26.7 Å². The predicted octanol–water partition coefficient (Wildman–Crippen LogP) is 4.15. The van der Waals surface area contributed by atoms with Gasteiger partial charge in [0.25, 0.3) is 11.5 Å². The second kappa shape index (κ2) is 10.8. The van der Waals surface area contributed by atoms with E-state index in [1.165, 1.54) is 65.5 Å². The third-order valence-corrected chi connectivity index (χ3v) is 5.88.